The van der Waals surface area contributed by atoms with Crippen molar-refractivity contribution in [2.24, 2.45) is 0 Å². The molecule has 1 atom stereocenters. The van der Waals surface area contributed by atoms with Gasteiger partial charge in [-0.05, 0) is 68.3 Å². The number of carbonyl (C=O) groups is 2. The van der Waals surface area contributed by atoms with Crippen LogP contribution in [0.5, 0.6) is 11.5 Å². The summed E-state index contributed by atoms with van der Waals surface area (Å²) in [5.74, 6) is 0.284. The lowest BCUT2D eigenvalue weighted by Gasteiger charge is -2.35. The van der Waals surface area contributed by atoms with Crippen molar-refractivity contribution < 1.29 is 27.5 Å². The molecule has 41 heavy (non-hydrogen) atoms. The summed E-state index contributed by atoms with van der Waals surface area (Å²) in [4.78, 5) is 29.4. The number of anilines is 1. The van der Waals surface area contributed by atoms with Crippen LogP contribution in [0.1, 0.15) is 31.9 Å². The van der Waals surface area contributed by atoms with Crippen LogP contribution in [-0.4, -0.2) is 63.7 Å². The Morgan fingerprint density at radius 3 is 2.02 bits per heavy atom. The van der Waals surface area contributed by atoms with Gasteiger partial charge < -0.3 is 19.7 Å². The maximum absolute atomic E-state index is 14.1. The summed E-state index contributed by atoms with van der Waals surface area (Å²) in [7, 11) is -0.795. The highest BCUT2D eigenvalue weighted by molar-refractivity contribution is 7.92. The Morgan fingerprint density at radius 1 is 0.854 bits per heavy atom. The molecule has 0 aliphatic rings. The Hall–Kier alpha value is -4.05. The number of rotatable bonds is 12. The van der Waals surface area contributed by atoms with Crippen molar-refractivity contribution in [3.8, 4) is 11.5 Å². The molecule has 0 heterocycles. The van der Waals surface area contributed by atoms with Gasteiger partial charge in [-0.15, -0.1) is 0 Å². The number of amides is 2. The normalized spacial score (nSPS) is 12.2. The Morgan fingerprint density at radius 2 is 1.46 bits per heavy atom. The molecule has 9 nitrogen and oxygen atoms in total. The smallest absolute Gasteiger partial charge is 0.244 e. The molecule has 0 saturated heterocycles. The number of nitrogens with zero attached hydrogens (tertiary/aromatic N) is 2. The van der Waals surface area contributed by atoms with Crippen LogP contribution < -0.4 is 19.1 Å². The van der Waals surface area contributed by atoms with Crippen LogP contribution in [0.3, 0.4) is 0 Å². The van der Waals surface area contributed by atoms with Crippen molar-refractivity contribution in [2.75, 3.05) is 31.3 Å². The van der Waals surface area contributed by atoms with Gasteiger partial charge in [-0.3, -0.25) is 13.9 Å². The van der Waals surface area contributed by atoms with Gasteiger partial charge in [-0.25, -0.2) is 8.42 Å². The third-order valence-corrected chi connectivity index (χ3v) is 7.44. The predicted molar refractivity (Wildman–Crippen MR) is 161 cm³/mol. The number of carbonyl (C=O) groups excluding carboxylic acids is 2. The fraction of sp³-hybridized carbons (Fsp3) is 0.355. The van der Waals surface area contributed by atoms with Crippen molar-refractivity contribution in [2.45, 2.75) is 45.3 Å². The van der Waals surface area contributed by atoms with Crippen LogP contribution in [0.15, 0.2) is 78.9 Å². The zero-order chi connectivity index (χ0) is 30.2. The van der Waals surface area contributed by atoms with Gasteiger partial charge in [0, 0.05) is 18.5 Å². The number of ether oxygens (including phenoxy) is 2. The highest BCUT2D eigenvalue weighted by Gasteiger charge is 2.34. The zero-order valence-electron chi connectivity index (χ0n) is 24.5. The van der Waals surface area contributed by atoms with Crippen molar-refractivity contribution in [1.29, 1.82) is 0 Å². The summed E-state index contributed by atoms with van der Waals surface area (Å²) < 4.78 is 37.4. The molecule has 2 amide bonds. The Balaban J connectivity index is 2.08. The number of methoxy groups -OCH3 is 2. The van der Waals surface area contributed by atoms with Gasteiger partial charge in [0.1, 0.15) is 24.1 Å². The Bertz CT molecular complexity index is 1420. The summed E-state index contributed by atoms with van der Waals surface area (Å²) >= 11 is 0. The molecule has 1 N–H and O–H groups in total. The molecule has 0 spiro atoms. The molecule has 0 fully saturated rings. The van der Waals surface area contributed by atoms with Crippen LogP contribution in [-0.2, 0) is 32.6 Å². The number of hydrogen-bond acceptors (Lipinski definition) is 6. The zero-order valence-corrected chi connectivity index (χ0v) is 25.3. The number of nitrogens with one attached hydrogen (secondary N) is 1. The van der Waals surface area contributed by atoms with E-state index in [9.17, 15) is 18.0 Å². The number of sulfonamides is 1. The molecule has 0 unspecified atom stereocenters. The second kappa shape index (κ2) is 13.5. The van der Waals surface area contributed by atoms with Crippen molar-refractivity contribution in [3.63, 3.8) is 0 Å². The molecule has 0 aliphatic carbocycles. The van der Waals surface area contributed by atoms with E-state index in [1.54, 1.807) is 49.6 Å². The average Bonchev–Trinajstić information content (AvgIpc) is 2.92. The van der Waals surface area contributed by atoms with Gasteiger partial charge in [-0.2, -0.15) is 0 Å². The van der Waals surface area contributed by atoms with E-state index in [1.165, 1.54) is 12.0 Å². The Kier molecular flexibility index (Phi) is 10.4. The fourth-order valence-electron chi connectivity index (χ4n) is 4.34. The van der Waals surface area contributed by atoms with Gasteiger partial charge in [0.15, 0.2) is 0 Å². The first-order valence-electron chi connectivity index (χ1n) is 13.2. The molecule has 10 heteroatoms. The molecule has 0 aliphatic heterocycles. The van der Waals surface area contributed by atoms with Crippen LogP contribution in [0, 0.1) is 0 Å². The third-order valence-electron chi connectivity index (χ3n) is 6.30. The van der Waals surface area contributed by atoms with E-state index in [4.69, 9.17) is 9.47 Å². The van der Waals surface area contributed by atoms with Gasteiger partial charge >= 0.3 is 0 Å². The molecule has 3 aromatic rings. The monoisotopic (exact) mass is 581 g/mol. The van der Waals surface area contributed by atoms with Crippen LogP contribution in [0.4, 0.5) is 5.69 Å². The summed E-state index contributed by atoms with van der Waals surface area (Å²) in [5.41, 5.74) is 1.34. The third kappa shape index (κ3) is 9.24. The van der Waals surface area contributed by atoms with Crippen LogP contribution in [0.25, 0.3) is 0 Å². The van der Waals surface area contributed by atoms with E-state index in [0.717, 1.165) is 21.7 Å². The maximum Gasteiger partial charge on any atom is 0.244 e. The van der Waals surface area contributed by atoms with Gasteiger partial charge in [0.05, 0.1) is 26.2 Å². The molecule has 0 radical (unpaired) electrons. The second-order valence-electron chi connectivity index (χ2n) is 10.8. The number of hydrogen-bond donors (Lipinski definition) is 1. The lowest BCUT2D eigenvalue weighted by atomic mass is 10.0. The first-order chi connectivity index (χ1) is 19.3. The SMILES string of the molecule is COc1ccc(N(CC(=O)N(Cc2cccc(OC)c2)[C@H](Cc2ccccc2)C(=O)NC(C)(C)C)S(C)(=O)=O)cc1. The molecule has 3 rings (SSSR count). The van der Waals surface area contributed by atoms with E-state index in [2.05, 4.69) is 5.32 Å². The lowest BCUT2D eigenvalue weighted by molar-refractivity contribution is -0.140. The molecule has 0 saturated carbocycles. The lowest BCUT2D eigenvalue weighted by Crippen LogP contribution is -2.56. The fourth-order valence-corrected chi connectivity index (χ4v) is 5.19. The summed E-state index contributed by atoms with van der Waals surface area (Å²) in [6.07, 6.45) is 1.28. The van der Waals surface area contributed by atoms with E-state index >= 15 is 0 Å². The second-order valence-corrected chi connectivity index (χ2v) is 12.7. The first-order valence-corrected chi connectivity index (χ1v) is 15.1. The highest BCUT2D eigenvalue weighted by Crippen LogP contribution is 2.24. The average molecular weight is 582 g/mol. The molecule has 220 valence electrons. The quantitative estimate of drug-likeness (QED) is 0.346. The minimum absolute atomic E-state index is 0.0608. The van der Waals surface area contributed by atoms with Gasteiger partial charge in [0.2, 0.25) is 21.8 Å². The van der Waals surface area contributed by atoms with E-state index in [-0.39, 0.29) is 18.9 Å². The van der Waals surface area contributed by atoms with E-state index in [0.29, 0.717) is 17.2 Å². The largest absolute Gasteiger partial charge is 0.497 e. The van der Waals surface area contributed by atoms with Crippen molar-refractivity contribution in [1.82, 2.24) is 10.2 Å². The highest BCUT2D eigenvalue weighted by atomic mass is 32.2. The molecule has 0 aromatic heterocycles. The minimum atomic E-state index is -3.86. The van der Waals surface area contributed by atoms with Crippen molar-refractivity contribution >= 4 is 27.5 Å². The summed E-state index contributed by atoms with van der Waals surface area (Å²) in [6.45, 7) is 5.17. The topological polar surface area (TPSA) is 105 Å². The standard InChI is InChI=1S/C31H39N3O6S/c1-31(2,3)32-30(36)28(20-23-11-8-7-9-12-23)33(21-24-13-10-14-27(19-24)40-5)29(35)22-34(41(6,37)38)25-15-17-26(39-4)18-16-25/h7-19,28H,20-22H2,1-6H3,(H,32,36)/t28-/m1/s1. The summed E-state index contributed by atoms with van der Waals surface area (Å²) in [6, 6.07) is 22.1. The van der Waals surface area contributed by atoms with Crippen molar-refractivity contribution in [3.05, 3.63) is 90.0 Å². The first kappa shape index (κ1) is 31.5. The van der Waals surface area contributed by atoms with Gasteiger partial charge in [0.25, 0.3) is 0 Å². The molecule has 3 aromatic carbocycles. The Labute approximate surface area is 243 Å². The van der Waals surface area contributed by atoms with Crippen LogP contribution >= 0.6 is 0 Å². The maximum atomic E-state index is 14.1. The summed E-state index contributed by atoms with van der Waals surface area (Å²) in [5, 5.41) is 3.01. The molecule has 0 bridgehead atoms. The van der Waals surface area contributed by atoms with E-state index in [1.807, 2.05) is 57.2 Å². The number of benzene rings is 3. The molecular formula is C31H39N3O6S. The van der Waals surface area contributed by atoms with Gasteiger partial charge in [-0.1, -0.05) is 42.5 Å². The molecular weight excluding hydrogens is 542 g/mol. The minimum Gasteiger partial charge on any atom is -0.497 e. The van der Waals surface area contributed by atoms with Crippen LogP contribution in [0.2, 0.25) is 0 Å². The predicted octanol–water partition coefficient (Wildman–Crippen LogP) is 4.02. The van der Waals surface area contributed by atoms with E-state index < -0.39 is 34.1 Å².